The minimum Gasteiger partial charge on any atom is -0.322 e. The Balaban J connectivity index is 1.69. The molecular weight excluding hydrogens is 312 g/mol. The van der Waals surface area contributed by atoms with Crippen LogP contribution in [-0.2, 0) is 10.8 Å². The lowest BCUT2D eigenvalue weighted by atomic mass is 9.63. The molecule has 0 bridgehead atoms. The highest BCUT2D eigenvalue weighted by Gasteiger charge is 2.37. The summed E-state index contributed by atoms with van der Waals surface area (Å²) in [5, 5.41) is 7.59. The van der Waals surface area contributed by atoms with E-state index in [1.54, 1.807) is 0 Å². The Kier molecular flexibility index (Phi) is 3.87. The number of benzene rings is 1. The fourth-order valence-corrected chi connectivity index (χ4v) is 4.05. The van der Waals surface area contributed by atoms with E-state index in [2.05, 4.69) is 66.3 Å². The van der Waals surface area contributed by atoms with Crippen molar-refractivity contribution in [3.63, 3.8) is 0 Å². The monoisotopic (exact) mass is 340 g/mol. The smallest absolute Gasteiger partial charge is 0.322 e. The van der Waals surface area contributed by atoms with Gasteiger partial charge in [0.05, 0.1) is 0 Å². The first kappa shape index (κ1) is 16.6. The number of fused-ring (bicyclic) bond motifs is 1. The Bertz CT molecular complexity index is 772. The van der Waals surface area contributed by atoms with Crippen LogP contribution in [0.2, 0.25) is 0 Å². The molecule has 2 heterocycles. The summed E-state index contributed by atoms with van der Waals surface area (Å²) >= 11 is 0. The van der Waals surface area contributed by atoms with E-state index in [-0.39, 0.29) is 10.8 Å². The fourth-order valence-electron chi connectivity index (χ4n) is 4.05. The minimum absolute atomic E-state index is 0.186. The van der Waals surface area contributed by atoms with Crippen molar-refractivity contribution in [1.82, 2.24) is 15.5 Å². The van der Waals surface area contributed by atoms with E-state index in [1.807, 2.05) is 0 Å². The summed E-state index contributed by atoms with van der Waals surface area (Å²) in [5.74, 6) is 0.690. The molecule has 2 aliphatic rings. The van der Waals surface area contributed by atoms with Crippen LogP contribution in [0, 0.1) is 0 Å². The van der Waals surface area contributed by atoms with Crippen molar-refractivity contribution in [3.8, 4) is 11.4 Å². The van der Waals surface area contributed by atoms with E-state index in [9.17, 15) is 0 Å². The summed E-state index contributed by atoms with van der Waals surface area (Å²) in [6.07, 6.45) is 2.43. The third kappa shape index (κ3) is 2.95. The summed E-state index contributed by atoms with van der Waals surface area (Å²) < 4.78 is 5.53. The van der Waals surface area contributed by atoms with Crippen molar-refractivity contribution in [1.29, 1.82) is 0 Å². The summed E-state index contributed by atoms with van der Waals surface area (Å²) in [7, 11) is 0. The van der Waals surface area contributed by atoms with Gasteiger partial charge in [-0.1, -0.05) is 45.0 Å². The Labute approximate surface area is 149 Å². The van der Waals surface area contributed by atoms with Crippen LogP contribution in [0.4, 0.5) is 6.01 Å². The second kappa shape index (κ2) is 5.84. The number of piperazine rings is 1. The summed E-state index contributed by atoms with van der Waals surface area (Å²) in [6, 6.07) is 7.33. The predicted molar refractivity (Wildman–Crippen MR) is 100 cm³/mol. The highest BCUT2D eigenvalue weighted by atomic mass is 16.5. The van der Waals surface area contributed by atoms with E-state index in [1.165, 1.54) is 24.0 Å². The van der Waals surface area contributed by atoms with Crippen LogP contribution in [0.15, 0.2) is 22.7 Å². The number of hydrogen-bond acceptors (Lipinski definition) is 5. The highest BCUT2D eigenvalue weighted by molar-refractivity contribution is 5.60. The largest absolute Gasteiger partial charge is 0.324 e. The van der Waals surface area contributed by atoms with Crippen molar-refractivity contribution >= 4 is 6.01 Å². The van der Waals surface area contributed by atoms with Gasteiger partial charge in [0.2, 0.25) is 5.82 Å². The Morgan fingerprint density at radius 3 is 2.40 bits per heavy atom. The summed E-state index contributed by atoms with van der Waals surface area (Å²) in [5.41, 5.74) is 4.35. The molecule has 1 aliphatic carbocycles. The SMILES string of the molecule is CC1(C)CCC(C)(C)c2cc(-c3noc(N4CCNCC4)n3)ccc21. The van der Waals surface area contributed by atoms with Crippen molar-refractivity contribution < 1.29 is 4.52 Å². The molecule has 1 aromatic heterocycles. The zero-order valence-corrected chi connectivity index (χ0v) is 15.7. The number of nitrogens with one attached hydrogen (secondary N) is 1. The molecule has 5 heteroatoms. The number of hydrogen-bond donors (Lipinski definition) is 1. The fraction of sp³-hybridized carbons (Fsp3) is 0.600. The molecule has 4 rings (SSSR count). The lowest BCUT2D eigenvalue weighted by molar-refractivity contribution is 0.332. The molecule has 1 fully saturated rings. The second-order valence-corrected chi connectivity index (χ2v) is 8.67. The number of rotatable bonds is 2. The molecule has 0 amide bonds. The van der Waals surface area contributed by atoms with Crippen molar-refractivity contribution in [3.05, 3.63) is 29.3 Å². The molecular formula is C20H28N4O. The topological polar surface area (TPSA) is 54.2 Å². The Morgan fingerprint density at radius 2 is 1.68 bits per heavy atom. The van der Waals surface area contributed by atoms with Gasteiger partial charge in [-0.2, -0.15) is 4.98 Å². The number of nitrogens with zero attached hydrogens (tertiary/aromatic N) is 3. The van der Waals surface area contributed by atoms with Gasteiger partial charge in [0.15, 0.2) is 0 Å². The molecule has 2 aromatic rings. The average molecular weight is 340 g/mol. The van der Waals surface area contributed by atoms with Crippen LogP contribution >= 0.6 is 0 Å². The minimum atomic E-state index is 0.186. The molecule has 1 N–H and O–H groups in total. The maximum Gasteiger partial charge on any atom is 0.324 e. The van der Waals surface area contributed by atoms with Gasteiger partial charge in [0.25, 0.3) is 0 Å². The normalized spacial score (nSPS) is 21.8. The Hall–Kier alpha value is -1.88. The lowest BCUT2D eigenvalue weighted by Gasteiger charge is -2.42. The zero-order chi connectivity index (χ0) is 17.7. The molecule has 0 unspecified atom stereocenters. The van der Waals surface area contributed by atoms with Gasteiger partial charge in [-0.15, -0.1) is 0 Å². The predicted octanol–water partition coefficient (Wildman–Crippen LogP) is 3.50. The van der Waals surface area contributed by atoms with Crippen LogP contribution in [-0.4, -0.2) is 36.3 Å². The van der Waals surface area contributed by atoms with Crippen molar-refractivity contribution in [2.75, 3.05) is 31.1 Å². The number of aromatic nitrogens is 2. The maximum atomic E-state index is 5.53. The summed E-state index contributed by atoms with van der Waals surface area (Å²) in [4.78, 5) is 6.81. The van der Waals surface area contributed by atoms with Gasteiger partial charge < -0.3 is 14.7 Å². The molecule has 0 radical (unpaired) electrons. The van der Waals surface area contributed by atoms with Gasteiger partial charge in [0.1, 0.15) is 0 Å². The first-order chi connectivity index (χ1) is 11.9. The van der Waals surface area contributed by atoms with Crippen LogP contribution in [0.3, 0.4) is 0 Å². The second-order valence-electron chi connectivity index (χ2n) is 8.67. The molecule has 0 atom stereocenters. The van der Waals surface area contributed by atoms with E-state index in [0.29, 0.717) is 11.8 Å². The van der Waals surface area contributed by atoms with Crippen molar-refractivity contribution in [2.45, 2.75) is 51.4 Å². The van der Waals surface area contributed by atoms with E-state index < -0.39 is 0 Å². The highest BCUT2D eigenvalue weighted by Crippen LogP contribution is 2.46. The molecule has 1 aliphatic heterocycles. The first-order valence-electron chi connectivity index (χ1n) is 9.32. The lowest BCUT2D eigenvalue weighted by Crippen LogP contribution is -2.43. The number of anilines is 1. The molecule has 25 heavy (non-hydrogen) atoms. The molecule has 1 saturated heterocycles. The van der Waals surface area contributed by atoms with Gasteiger partial charge in [-0.3, -0.25) is 0 Å². The van der Waals surface area contributed by atoms with Crippen LogP contribution in [0.25, 0.3) is 11.4 Å². The van der Waals surface area contributed by atoms with Gasteiger partial charge in [-0.05, 0) is 40.9 Å². The van der Waals surface area contributed by atoms with Gasteiger partial charge in [-0.25, -0.2) is 0 Å². The third-order valence-electron chi connectivity index (χ3n) is 5.91. The molecule has 1 aromatic carbocycles. The molecule has 0 saturated carbocycles. The van der Waals surface area contributed by atoms with Crippen LogP contribution in [0.1, 0.15) is 51.7 Å². The van der Waals surface area contributed by atoms with E-state index >= 15 is 0 Å². The van der Waals surface area contributed by atoms with Crippen LogP contribution < -0.4 is 10.2 Å². The molecule has 5 nitrogen and oxygen atoms in total. The zero-order valence-electron chi connectivity index (χ0n) is 15.7. The van der Waals surface area contributed by atoms with E-state index in [0.717, 1.165) is 31.7 Å². The van der Waals surface area contributed by atoms with Crippen LogP contribution in [0.5, 0.6) is 0 Å². The molecule has 0 spiro atoms. The van der Waals surface area contributed by atoms with E-state index in [4.69, 9.17) is 4.52 Å². The van der Waals surface area contributed by atoms with Gasteiger partial charge >= 0.3 is 6.01 Å². The first-order valence-corrected chi connectivity index (χ1v) is 9.32. The summed E-state index contributed by atoms with van der Waals surface area (Å²) in [6.45, 7) is 13.1. The van der Waals surface area contributed by atoms with Crippen molar-refractivity contribution in [2.24, 2.45) is 0 Å². The quantitative estimate of drug-likeness (QED) is 0.907. The maximum absolute atomic E-state index is 5.53. The third-order valence-corrected chi connectivity index (χ3v) is 5.91. The Morgan fingerprint density at radius 1 is 1.00 bits per heavy atom. The standard InChI is InChI=1S/C20H28N4O/c1-19(2)7-8-20(3,4)16-13-14(5-6-15(16)19)17-22-18(25-23-17)24-11-9-21-10-12-24/h5-6,13,21H,7-12H2,1-4H3. The van der Waals surface area contributed by atoms with Gasteiger partial charge in [0, 0.05) is 31.7 Å². The molecule has 134 valence electrons. The average Bonchev–Trinajstić information content (AvgIpc) is 3.10.